The smallest absolute Gasteiger partial charge is 0.334 e. The minimum atomic E-state index is -0.193. The Labute approximate surface area is 137 Å². The third kappa shape index (κ3) is 6.95. The Kier molecular flexibility index (Phi) is 9.45. The fraction of sp³-hybridized carbons (Fsp3) is 0.842. The average molecular weight is 309 g/mol. The van der Waals surface area contributed by atoms with Gasteiger partial charge in [-0.2, -0.15) is 0 Å². The average Bonchev–Trinajstić information content (AvgIpc) is 2.54. The van der Waals surface area contributed by atoms with E-state index in [0.717, 1.165) is 31.8 Å². The summed E-state index contributed by atoms with van der Waals surface area (Å²) in [7, 11) is 0. The molecule has 22 heavy (non-hydrogen) atoms. The van der Waals surface area contributed by atoms with Crippen LogP contribution >= 0.6 is 0 Å². The van der Waals surface area contributed by atoms with Crippen molar-refractivity contribution in [3.8, 4) is 0 Å². The van der Waals surface area contributed by atoms with Crippen molar-refractivity contribution in [2.24, 2.45) is 5.92 Å². The third-order valence-electron chi connectivity index (χ3n) is 4.88. The van der Waals surface area contributed by atoms with E-state index in [0.29, 0.717) is 12.1 Å². The van der Waals surface area contributed by atoms with Crippen molar-refractivity contribution in [1.29, 1.82) is 0 Å². The summed E-state index contributed by atoms with van der Waals surface area (Å²) in [5, 5.41) is 0. The molecule has 0 unspecified atom stereocenters. The molecular weight excluding hydrogens is 274 g/mol. The zero-order chi connectivity index (χ0) is 16.4. The standard InChI is InChI=1S/C19H35NO2/c1-5-8-9-10-17-11-13-18(14-12-17)22-19(21)16(4)15-20(6-2)7-3/h17-18H,4-15H2,1-3H3. The molecule has 0 aromatic carbocycles. The fourth-order valence-corrected chi connectivity index (χ4v) is 3.24. The van der Waals surface area contributed by atoms with E-state index in [1.165, 1.54) is 38.5 Å². The zero-order valence-electron chi connectivity index (χ0n) is 14.9. The first kappa shape index (κ1) is 19.2. The first-order valence-corrected chi connectivity index (χ1v) is 9.21. The summed E-state index contributed by atoms with van der Waals surface area (Å²) in [5.74, 6) is 0.654. The predicted octanol–water partition coefficient (Wildman–Crippen LogP) is 4.57. The van der Waals surface area contributed by atoms with Gasteiger partial charge < -0.3 is 4.74 Å². The monoisotopic (exact) mass is 309 g/mol. The molecule has 1 aliphatic carbocycles. The van der Waals surface area contributed by atoms with Crippen molar-refractivity contribution in [3.05, 3.63) is 12.2 Å². The van der Waals surface area contributed by atoms with Gasteiger partial charge in [-0.05, 0) is 44.7 Å². The Balaban J connectivity index is 2.25. The quantitative estimate of drug-likeness (QED) is 0.336. The summed E-state index contributed by atoms with van der Waals surface area (Å²) in [5.41, 5.74) is 0.591. The van der Waals surface area contributed by atoms with Crippen LogP contribution in [0.1, 0.15) is 72.1 Å². The van der Waals surface area contributed by atoms with Crippen LogP contribution in [0.2, 0.25) is 0 Å². The van der Waals surface area contributed by atoms with E-state index in [4.69, 9.17) is 4.74 Å². The molecule has 0 aromatic heterocycles. The molecule has 0 aromatic rings. The topological polar surface area (TPSA) is 29.5 Å². The lowest BCUT2D eigenvalue weighted by atomic mass is 9.84. The minimum Gasteiger partial charge on any atom is -0.459 e. The molecule has 0 amide bonds. The Morgan fingerprint density at radius 1 is 1.09 bits per heavy atom. The highest BCUT2D eigenvalue weighted by Gasteiger charge is 2.24. The maximum atomic E-state index is 12.1. The maximum Gasteiger partial charge on any atom is 0.334 e. The first-order valence-electron chi connectivity index (χ1n) is 9.21. The molecule has 3 nitrogen and oxygen atoms in total. The van der Waals surface area contributed by atoms with Crippen LogP contribution in [-0.2, 0) is 9.53 Å². The molecule has 3 heteroatoms. The van der Waals surface area contributed by atoms with Gasteiger partial charge in [-0.15, -0.1) is 0 Å². The van der Waals surface area contributed by atoms with Gasteiger partial charge in [-0.3, -0.25) is 4.90 Å². The van der Waals surface area contributed by atoms with Crippen LogP contribution in [0.5, 0.6) is 0 Å². The van der Waals surface area contributed by atoms with Crippen molar-refractivity contribution >= 4 is 5.97 Å². The van der Waals surface area contributed by atoms with Crippen LogP contribution in [0.3, 0.4) is 0 Å². The highest BCUT2D eigenvalue weighted by Crippen LogP contribution is 2.30. The molecule has 0 atom stereocenters. The molecule has 128 valence electrons. The molecular formula is C19H35NO2. The SMILES string of the molecule is C=C(CN(CC)CC)C(=O)OC1CCC(CCCCC)CC1. The largest absolute Gasteiger partial charge is 0.459 e. The third-order valence-corrected chi connectivity index (χ3v) is 4.88. The Hall–Kier alpha value is -0.830. The van der Waals surface area contributed by atoms with Gasteiger partial charge >= 0.3 is 5.97 Å². The molecule has 1 rings (SSSR count). The minimum absolute atomic E-state index is 0.114. The second kappa shape index (κ2) is 10.8. The highest BCUT2D eigenvalue weighted by molar-refractivity contribution is 5.88. The van der Waals surface area contributed by atoms with Gasteiger partial charge in [0.1, 0.15) is 6.10 Å². The Bertz CT molecular complexity index is 328. The van der Waals surface area contributed by atoms with E-state index < -0.39 is 0 Å². The van der Waals surface area contributed by atoms with Gasteiger partial charge in [-0.25, -0.2) is 4.79 Å². The van der Waals surface area contributed by atoms with E-state index >= 15 is 0 Å². The summed E-state index contributed by atoms with van der Waals surface area (Å²) in [6.45, 7) is 12.8. The summed E-state index contributed by atoms with van der Waals surface area (Å²) in [4.78, 5) is 14.3. The van der Waals surface area contributed by atoms with Crippen molar-refractivity contribution in [1.82, 2.24) is 4.90 Å². The summed E-state index contributed by atoms with van der Waals surface area (Å²) in [6, 6.07) is 0. The van der Waals surface area contributed by atoms with Crippen LogP contribution in [0.4, 0.5) is 0 Å². The van der Waals surface area contributed by atoms with E-state index in [-0.39, 0.29) is 12.1 Å². The van der Waals surface area contributed by atoms with E-state index in [1.54, 1.807) is 0 Å². The highest BCUT2D eigenvalue weighted by atomic mass is 16.5. The number of ether oxygens (including phenoxy) is 1. The molecule has 1 saturated carbocycles. The molecule has 0 radical (unpaired) electrons. The fourth-order valence-electron chi connectivity index (χ4n) is 3.24. The van der Waals surface area contributed by atoms with Crippen LogP contribution in [0.25, 0.3) is 0 Å². The second-order valence-corrected chi connectivity index (χ2v) is 6.61. The van der Waals surface area contributed by atoms with Crippen LogP contribution in [0, 0.1) is 5.92 Å². The molecule has 0 N–H and O–H groups in total. The number of hydrogen-bond acceptors (Lipinski definition) is 3. The van der Waals surface area contributed by atoms with Gasteiger partial charge in [0.05, 0.1) is 0 Å². The van der Waals surface area contributed by atoms with Crippen molar-refractivity contribution in [2.75, 3.05) is 19.6 Å². The number of unbranched alkanes of at least 4 members (excludes halogenated alkanes) is 2. The number of carbonyl (C=O) groups excluding carboxylic acids is 1. The van der Waals surface area contributed by atoms with Gasteiger partial charge in [0.25, 0.3) is 0 Å². The number of carbonyl (C=O) groups is 1. The second-order valence-electron chi connectivity index (χ2n) is 6.61. The van der Waals surface area contributed by atoms with E-state index in [9.17, 15) is 4.79 Å². The van der Waals surface area contributed by atoms with Crippen LogP contribution in [0.15, 0.2) is 12.2 Å². The van der Waals surface area contributed by atoms with Gasteiger partial charge in [0.15, 0.2) is 0 Å². The maximum absolute atomic E-state index is 12.1. The lowest BCUT2D eigenvalue weighted by molar-refractivity contribution is -0.146. The van der Waals surface area contributed by atoms with Crippen LogP contribution in [-0.4, -0.2) is 36.6 Å². The van der Waals surface area contributed by atoms with E-state index in [2.05, 4.69) is 32.3 Å². The van der Waals surface area contributed by atoms with E-state index in [1.807, 2.05) is 0 Å². The molecule has 0 spiro atoms. The number of hydrogen-bond donors (Lipinski definition) is 0. The Morgan fingerprint density at radius 3 is 2.27 bits per heavy atom. The normalized spacial score (nSPS) is 21.8. The molecule has 0 saturated heterocycles. The van der Waals surface area contributed by atoms with Crippen molar-refractivity contribution in [2.45, 2.75) is 78.2 Å². The molecule has 0 heterocycles. The zero-order valence-corrected chi connectivity index (χ0v) is 14.9. The lowest BCUT2D eigenvalue weighted by Crippen LogP contribution is -2.30. The molecule has 0 aliphatic heterocycles. The summed E-state index contributed by atoms with van der Waals surface area (Å²) >= 11 is 0. The summed E-state index contributed by atoms with van der Waals surface area (Å²) in [6.07, 6.45) is 9.94. The lowest BCUT2D eigenvalue weighted by Gasteiger charge is -2.29. The molecule has 1 fully saturated rings. The van der Waals surface area contributed by atoms with Gasteiger partial charge in [0, 0.05) is 12.1 Å². The number of nitrogens with zero attached hydrogens (tertiary/aromatic N) is 1. The number of rotatable bonds is 10. The number of likely N-dealkylation sites (N-methyl/N-ethyl adjacent to an activating group) is 1. The molecule has 0 bridgehead atoms. The summed E-state index contributed by atoms with van der Waals surface area (Å²) < 4.78 is 5.65. The first-order chi connectivity index (χ1) is 10.6. The van der Waals surface area contributed by atoms with Crippen molar-refractivity contribution < 1.29 is 9.53 Å². The van der Waals surface area contributed by atoms with Gasteiger partial charge in [-0.1, -0.05) is 53.0 Å². The van der Waals surface area contributed by atoms with Crippen LogP contribution < -0.4 is 0 Å². The predicted molar refractivity (Wildman–Crippen MR) is 92.9 cm³/mol. The molecule has 1 aliphatic rings. The van der Waals surface area contributed by atoms with Gasteiger partial charge in [0.2, 0.25) is 0 Å². The van der Waals surface area contributed by atoms with Crippen molar-refractivity contribution in [3.63, 3.8) is 0 Å². The number of esters is 1. The Morgan fingerprint density at radius 2 is 1.73 bits per heavy atom.